The van der Waals surface area contributed by atoms with E-state index >= 15 is 0 Å². The van der Waals surface area contributed by atoms with Gasteiger partial charge in [0.1, 0.15) is 19.0 Å². The van der Waals surface area contributed by atoms with E-state index in [0.29, 0.717) is 19.9 Å². The number of hydrogen-bond acceptors (Lipinski definition) is 3. The molecule has 3 unspecified atom stereocenters. The van der Waals surface area contributed by atoms with Crippen LogP contribution in [0.15, 0.2) is 0 Å². The maximum absolute atomic E-state index is 14.3. The maximum Gasteiger partial charge on any atom is 0.425 e. The van der Waals surface area contributed by atoms with Crippen LogP contribution in [0.25, 0.3) is 0 Å². The van der Waals surface area contributed by atoms with Crippen LogP contribution in [0.1, 0.15) is 26.2 Å². The van der Waals surface area contributed by atoms with Crippen LogP contribution < -0.4 is 4.72 Å². The van der Waals surface area contributed by atoms with Gasteiger partial charge in [0.2, 0.25) is 15.7 Å². The predicted molar refractivity (Wildman–Crippen MR) is 89.0 cm³/mol. The van der Waals surface area contributed by atoms with Gasteiger partial charge in [-0.25, -0.2) is 30.7 Å². The van der Waals surface area contributed by atoms with Crippen molar-refractivity contribution in [1.82, 2.24) is 9.62 Å². The van der Waals surface area contributed by atoms with Gasteiger partial charge in [-0.15, -0.1) is 0 Å². The first kappa shape index (κ1) is 26.4. The molecule has 0 fully saturated rings. The molecular weight excluding hydrogens is 405 g/mol. The Kier molecular flexibility index (Phi) is 10.0. The number of nitrogens with one attached hydrogen (secondary N) is 1. The molecule has 0 aliphatic carbocycles. The minimum absolute atomic E-state index is 0.0429. The molecule has 27 heavy (non-hydrogen) atoms. The van der Waals surface area contributed by atoms with Gasteiger partial charge in [0, 0.05) is 6.54 Å². The average Bonchev–Trinajstić information content (AvgIpc) is 2.53. The second-order valence-corrected chi connectivity index (χ2v) is 8.99. The first-order valence-corrected chi connectivity index (χ1v) is 9.94. The van der Waals surface area contributed by atoms with Gasteiger partial charge in [0.05, 0.1) is 5.75 Å². The van der Waals surface area contributed by atoms with E-state index in [1.807, 2.05) is 0 Å². The molecule has 0 rings (SSSR count). The van der Waals surface area contributed by atoms with Gasteiger partial charge in [-0.2, -0.15) is 13.2 Å². The Morgan fingerprint density at radius 1 is 1.04 bits per heavy atom. The monoisotopic (exact) mass is 432 g/mol. The largest absolute Gasteiger partial charge is 0.425 e. The first-order chi connectivity index (χ1) is 12.1. The molecule has 0 radical (unpaired) electrons. The van der Waals surface area contributed by atoms with Crippen LogP contribution in [0, 0.1) is 5.92 Å². The second-order valence-electron chi connectivity index (χ2n) is 7.07. The van der Waals surface area contributed by atoms with Crippen molar-refractivity contribution in [2.24, 2.45) is 5.92 Å². The summed E-state index contributed by atoms with van der Waals surface area (Å²) in [5.74, 6) is -2.82. The van der Waals surface area contributed by atoms with Crippen molar-refractivity contribution in [3.8, 4) is 0 Å². The number of rotatable bonds is 13. The molecule has 12 heteroatoms. The van der Waals surface area contributed by atoms with Crippen molar-refractivity contribution >= 4 is 10.0 Å². The van der Waals surface area contributed by atoms with Crippen LogP contribution in [-0.2, 0) is 10.0 Å². The molecule has 0 aromatic rings. The Balaban J connectivity index is 5.10. The summed E-state index contributed by atoms with van der Waals surface area (Å²) in [6, 6.07) is 0. The molecule has 4 nitrogen and oxygen atoms in total. The van der Waals surface area contributed by atoms with Crippen LogP contribution in [0.4, 0.5) is 30.7 Å². The highest BCUT2D eigenvalue weighted by Crippen LogP contribution is 2.43. The Morgan fingerprint density at radius 2 is 1.59 bits per heavy atom. The summed E-state index contributed by atoms with van der Waals surface area (Å²) >= 11 is 0. The summed E-state index contributed by atoms with van der Waals surface area (Å²) in [5, 5.41) is 0. The fourth-order valence-corrected chi connectivity index (χ4v) is 3.55. The Hall–Kier alpha value is -0.620. The van der Waals surface area contributed by atoms with Gasteiger partial charge >= 0.3 is 6.18 Å². The van der Waals surface area contributed by atoms with E-state index < -0.39 is 65.4 Å². The highest BCUT2D eigenvalue weighted by atomic mass is 32.2. The lowest BCUT2D eigenvalue weighted by atomic mass is 9.81. The topological polar surface area (TPSA) is 49.4 Å². The Bertz CT molecular complexity index is 541. The highest BCUT2D eigenvalue weighted by Gasteiger charge is 2.58. The van der Waals surface area contributed by atoms with Crippen molar-refractivity contribution < 1.29 is 39.2 Å². The van der Waals surface area contributed by atoms with Gasteiger partial charge in [-0.3, -0.25) is 0 Å². The molecule has 0 heterocycles. The van der Waals surface area contributed by atoms with Crippen LogP contribution in [0.3, 0.4) is 0 Å². The molecule has 0 aliphatic heterocycles. The van der Waals surface area contributed by atoms with E-state index in [1.165, 1.54) is 0 Å². The van der Waals surface area contributed by atoms with Crippen LogP contribution in [0.2, 0.25) is 0 Å². The fraction of sp³-hybridized carbons (Fsp3) is 1.00. The van der Waals surface area contributed by atoms with Gasteiger partial charge in [0.15, 0.2) is 0 Å². The number of sulfonamides is 1. The highest BCUT2D eigenvalue weighted by molar-refractivity contribution is 7.89. The summed E-state index contributed by atoms with van der Waals surface area (Å²) in [6.45, 7) is -3.01. The smallest absolute Gasteiger partial charge is 0.309 e. The molecule has 1 N–H and O–H groups in total. The summed E-state index contributed by atoms with van der Waals surface area (Å²) in [7, 11) is -0.455. The Morgan fingerprint density at radius 3 is 2.00 bits per heavy atom. The molecule has 0 aromatic heterocycles. The average molecular weight is 432 g/mol. The van der Waals surface area contributed by atoms with Gasteiger partial charge in [-0.05, 0) is 52.7 Å². The number of alkyl halides is 7. The lowest BCUT2D eigenvalue weighted by Crippen LogP contribution is -2.48. The van der Waals surface area contributed by atoms with Crippen LogP contribution in [0.5, 0.6) is 0 Å². The number of hydrogen-bond donors (Lipinski definition) is 1. The van der Waals surface area contributed by atoms with Crippen molar-refractivity contribution in [2.75, 3.05) is 46.3 Å². The SMILES string of the molecule is CN(C)CCCNS(=O)(=O)CCC(CC(F)(CF)C(F)(F)F)C(C)(F)CF. The summed E-state index contributed by atoms with van der Waals surface area (Å²) in [4.78, 5) is 1.80. The third kappa shape index (κ3) is 8.95. The molecule has 0 saturated carbocycles. The van der Waals surface area contributed by atoms with Crippen LogP contribution in [-0.4, -0.2) is 77.1 Å². The van der Waals surface area contributed by atoms with Gasteiger partial charge in [-0.1, -0.05) is 0 Å². The summed E-state index contributed by atoms with van der Waals surface area (Å²) in [6.07, 6.45) is -7.68. The van der Waals surface area contributed by atoms with Crippen molar-refractivity contribution in [1.29, 1.82) is 0 Å². The fourth-order valence-electron chi connectivity index (χ4n) is 2.35. The normalized spacial score (nSPS) is 18.9. The minimum Gasteiger partial charge on any atom is -0.309 e. The zero-order chi connectivity index (χ0) is 21.5. The van der Waals surface area contributed by atoms with E-state index in [4.69, 9.17) is 0 Å². The molecule has 0 spiro atoms. The van der Waals surface area contributed by atoms with E-state index in [1.54, 1.807) is 19.0 Å². The quantitative estimate of drug-likeness (QED) is 0.359. The molecule has 0 aromatic carbocycles. The van der Waals surface area contributed by atoms with E-state index in [0.717, 1.165) is 0 Å². The lowest BCUT2D eigenvalue weighted by molar-refractivity contribution is -0.243. The predicted octanol–water partition coefficient (Wildman–Crippen LogP) is 3.19. The van der Waals surface area contributed by atoms with E-state index in [2.05, 4.69) is 4.72 Å². The molecule has 0 bridgehead atoms. The van der Waals surface area contributed by atoms with Gasteiger partial charge < -0.3 is 4.90 Å². The molecule has 0 saturated heterocycles. The molecule has 0 aliphatic rings. The van der Waals surface area contributed by atoms with Crippen molar-refractivity contribution in [3.63, 3.8) is 0 Å². The zero-order valence-electron chi connectivity index (χ0n) is 15.6. The number of halogens is 7. The summed E-state index contributed by atoms with van der Waals surface area (Å²) < 4.78 is 118. The standard InChI is InChI=1S/C15H27F7N2O2S/c1-13(18,10-16)12(9-14(19,11-17)15(20,21)22)5-8-27(25,26)23-6-4-7-24(2)3/h12,23H,4-11H2,1-3H3. The number of nitrogens with zero attached hydrogens (tertiary/aromatic N) is 1. The third-order valence-corrected chi connectivity index (χ3v) is 5.66. The Labute approximate surface area is 155 Å². The minimum atomic E-state index is -5.63. The second kappa shape index (κ2) is 10.2. The first-order valence-electron chi connectivity index (χ1n) is 8.29. The molecule has 3 atom stereocenters. The van der Waals surface area contributed by atoms with Gasteiger partial charge in [0.25, 0.3) is 0 Å². The van der Waals surface area contributed by atoms with Crippen LogP contribution >= 0.6 is 0 Å². The third-order valence-electron chi connectivity index (χ3n) is 4.24. The summed E-state index contributed by atoms with van der Waals surface area (Å²) in [5.41, 5.74) is -7.30. The molecular formula is C15H27F7N2O2S. The van der Waals surface area contributed by atoms with Crippen molar-refractivity contribution in [3.05, 3.63) is 0 Å². The maximum atomic E-state index is 14.3. The lowest BCUT2D eigenvalue weighted by Gasteiger charge is -2.34. The molecule has 164 valence electrons. The van der Waals surface area contributed by atoms with E-state index in [9.17, 15) is 39.2 Å². The van der Waals surface area contributed by atoms with Crippen molar-refractivity contribution in [2.45, 2.75) is 43.7 Å². The zero-order valence-corrected chi connectivity index (χ0v) is 16.4. The molecule has 0 amide bonds. The van der Waals surface area contributed by atoms with E-state index in [-0.39, 0.29) is 6.54 Å².